The summed E-state index contributed by atoms with van der Waals surface area (Å²) in [6.07, 6.45) is -1.46. The second-order valence-corrected chi connectivity index (χ2v) is 3.49. The van der Waals surface area contributed by atoms with Gasteiger partial charge in [0.25, 0.3) is 0 Å². The lowest BCUT2D eigenvalue weighted by atomic mass is 9.86. The fraction of sp³-hybridized carbons (Fsp3) is 0.200. The minimum absolute atomic E-state index is 0.607. The summed E-state index contributed by atoms with van der Waals surface area (Å²) in [7, 11) is 0. The number of hydrogen-bond acceptors (Lipinski definition) is 4. The van der Waals surface area contributed by atoms with Crippen LogP contribution in [-0.2, 0) is 19.2 Å². The molecular weight excluding hydrogens is 248 g/mol. The van der Waals surface area contributed by atoms with Gasteiger partial charge < -0.3 is 20.4 Å². The highest BCUT2D eigenvalue weighted by Gasteiger charge is 2.33. The van der Waals surface area contributed by atoms with Gasteiger partial charge in [0.1, 0.15) is 0 Å². The Kier molecular flexibility index (Phi) is 3.50. The first-order chi connectivity index (χ1) is 8.25. The van der Waals surface area contributed by atoms with Crippen LogP contribution in [0.2, 0.25) is 0 Å². The molecule has 0 spiro atoms. The fourth-order valence-corrected chi connectivity index (χ4v) is 1.60. The van der Waals surface area contributed by atoms with Crippen LogP contribution >= 0.6 is 0 Å². The van der Waals surface area contributed by atoms with Crippen LogP contribution in [-0.4, -0.2) is 44.3 Å². The molecule has 0 aromatic rings. The predicted octanol–water partition coefficient (Wildman–Crippen LogP) is -0.288. The van der Waals surface area contributed by atoms with E-state index < -0.39 is 59.0 Å². The molecule has 0 saturated carbocycles. The molecule has 0 bridgehead atoms. The topological polar surface area (TPSA) is 149 Å². The van der Waals surface area contributed by atoms with Gasteiger partial charge in [-0.2, -0.15) is 0 Å². The number of aliphatic carboxylic acids is 4. The van der Waals surface area contributed by atoms with Gasteiger partial charge in [-0.25, -0.2) is 19.2 Å². The Hall–Kier alpha value is -2.64. The van der Waals surface area contributed by atoms with E-state index in [1.165, 1.54) is 0 Å². The highest BCUT2D eigenvalue weighted by atomic mass is 16.4. The summed E-state index contributed by atoms with van der Waals surface area (Å²) in [5, 5.41) is 35.2. The summed E-state index contributed by atoms with van der Waals surface area (Å²) in [6.45, 7) is 0. The average Bonchev–Trinajstić information content (AvgIpc) is 2.26. The standard InChI is InChI=1S/C10H8O8/c11-7(12)3-1-4(8(13)14)6(10(17)18)2-5(3)9(15)16/h1-2H2,(H,11,12)(H,13,14)(H,15,16)(H,17,18). The molecule has 0 aromatic carbocycles. The zero-order valence-electron chi connectivity index (χ0n) is 8.84. The maximum absolute atomic E-state index is 10.8. The molecule has 0 amide bonds. The van der Waals surface area contributed by atoms with Crippen LogP contribution in [0, 0.1) is 0 Å². The van der Waals surface area contributed by atoms with Gasteiger partial charge in [0.05, 0.1) is 22.3 Å². The van der Waals surface area contributed by atoms with Crippen molar-refractivity contribution in [2.45, 2.75) is 12.8 Å². The highest BCUT2D eigenvalue weighted by Crippen LogP contribution is 2.30. The lowest BCUT2D eigenvalue weighted by Gasteiger charge is -2.17. The summed E-state index contributed by atoms with van der Waals surface area (Å²) >= 11 is 0. The first kappa shape index (κ1) is 13.4. The molecule has 8 heteroatoms. The molecule has 0 radical (unpaired) electrons. The third-order valence-corrected chi connectivity index (χ3v) is 2.47. The molecule has 1 aliphatic rings. The van der Waals surface area contributed by atoms with E-state index in [1.807, 2.05) is 0 Å². The van der Waals surface area contributed by atoms with E-state index in [9.17, 15) is 19.2 Å². The molecular formula is C10H8O8. The molecule has 0 heterocycles. The minimum atomic E-state index is -1.57. The number of hydrogen-bond donors (Lipinski definition) is 4. The largest absolute Gasteiger partial charge is 0.478 e. The molecule has 4 N–H and O–H groups in total. The van der Waals surface area contributed by atoms with Crippen LogP contribution in [0.5, 0.6) is 0 Å². The van der Waals surface area contributed by atoms with Crippen molar-refractivity contribution in [2.24, 2.45) is 0 Å². The van der Waals surface area contributed by atoms with E-state index in [4.69, 9.17) is 20.4 Å². The first-order valence-corrected chi connectivity index (χ1v) is 4.63. The van der Waals surface area contributed by atoms with Gasteiger partial charge in [0, 0.05) is 12.8 Å². The first-order valence-electron chi connectivity index (χ1n) is 4.63. The Morgan fingerprint density at radius 1 is 0.556 bits per heavy atom. The molecule has 0 unspecified atom stereocenters. The third kappa shape index (κ3) is 2.37. The average molecular weight is 256 g/mol. The van der Waals surface area contributed by atoms with Gasteiger partial charge in [0.15, 0.2) is 0 Å². The van der Waals surface area contributed by atoms with Crippen LogP contribution in [0.4, 0.5) is 0 Å². The van der Waals surface area contributed by atoms with Crippen LogP contribution in [0.3, 0.4) is 0 Å². The van der Waals surface area contributed by atoms with Crippen molar-refractivity contribution >= 4 is 23.9 Å². The number of carbonyl (C=O) groups is 4. The lowest BCUT2D eigenvalue weighted by molar-refractivity contribution is -0.138. The monoisotopic (exact) mass is 256 g/mol. The summed E-state index contributed by atoms with van der Waals surface area (Å²) in [6, 6.07) is 0. The van der Waals surface area contributed by atoms with Crippen molar-refractivity contribution in [3.8, 4) is 0 Å². The lowest BCUT2D eigenvalue weighted by Crippen LogP contribution is -2.23. The van der Waals surface area contributed by atoms with Crippen molar-refractivity contribution in [1.82, 2.24) is 0 Å². The van der Waals surface area contributed by atoms with E-state index in [0.29, 0.717) is 0 Å². The Morgan fingerprint density at radius 2 is 0.722 bits per heavy atom. The molecule has 18 heavy (non-hydrogen) atoms. The molecule has 1 aliphatic carbocycles. The zero-order chi connectivity index (χ0) is 14.0. The van der Waals surface area contributed by atoms with Crippen LogP contribution in [0.15, 0.2) is 22.3 Å². The van der Waals surface area contributed by atoms with Gasteiger partial charge >= 0.3 is 23.9 Å². The Balaban J connectivity index is 3.35. The van der Waals surface area contributed by atoms with E-state index in [2.05, 4.69) is 0 Å². The molecule has 0 atom stereocenters. The van der Waals surface area contributed by atoms with E-state index in [1.54, 1.807) is 0 Å². The molecule has 0 saturated heterocycles. The Labute approximate surface area is 99.5 Å². The smallest absolute Gasteiger partial charge is 0.332 e. The van der Waals surface area contributed by atoms with Gasteiger partial charge in [-0.05, 0) is 0 Å². The number of carboxylic acids is 4. The van der Waals surface area contributed by atoms with E-state index in [-0.39, 0.29) is 0 Å². The quantitative estimate of drug-likeness (QED) is 0.536. The van der Waals surface area contributed by atoms with Crippen molar-refractivity contribution in [3.63, 3.8) is 0 Å². The summed E-state index contributed by atoms with van der Waals surface area (Å²) in [5.74, 6) is -6.29. The molecule has 0 fully saturated rings. The predicted molar refractivity (Wildman–Crippen MR) is 53.8 cm³/mol. The van der Waals surface area contributed by atoms with Crippen molar-refractivity contribution < 1.29 is 39.6 Å². The van der Waals surface area contributed by atoms with Gasteiger partial charge in [0.2, 0.25) is 0 Å². The zero-order valence-corrected chi connectivity index (χ0v) is 8.84. The molecule has 1 rings (SSSR count). The van der Waals surface area contributed by atoms with Crippen LogP contribution in [0.1, 0.15) is 12.8 Å². The van der Waals surface area contributed by atoms with Crippen molar-refractivity contribution in [1.29, 1.82) is 0 Å². The normalized spacial score (nSPS) is 15.6. The Bertz CT molecular complexity index is 430. The van der Waals surface area contributed by atoms with Gasteiger partial charge in [-0.3, -0.25) is 0 Å². The SMILES string of the molecule is O=C(O)C1=C(C(=O)O)CC(C(=O)O)=C(C(=O)O)C1. The second kappa shape index (κ2) is 4.70. The Morgan fingerprint density at radius 3 is 0.833 bits per heavy atom. The van der Waals surface area contributed by atoms with Gasteiger partial charge in [-0.1, -0.05) is 0 Å². The summed E-state index contributed by atoms with van der Waals surface area (Å²) in [5.41, 5.74) is -2.43. The fourth-order valence-electron chi connectivity index (χ4n) is 1.60. The molecule has 0 aromatic heterocycles. The van der Waals surface area contributed by atoms with Crippen molar-refractivity contribution in [3.05, 3.63) is 22.3 Å². The minimum Gasteiger partial charge on any atom is -0.478 e. The second-order valence-electron chi connectivity index (χ2n) is 3.49. The number of carboxylic acid groups (broad SMARTS) is 4. The molecule has 8 nitrogen and oxygen atoms in total. The maximum atomic E-state index is 10.8. The number of rotatable bonds is 4. The highest BCUT2D eigenvalue weighted by molar-refractivity contribution is 6.07. The van der Waals surface area contributed by atoms with E-state index >= 15 is 0 Å². The van der Waals surface area contributed by atoms with Crippen LogP contribution < -0.4 is 0 Å². The van der Waals surface area contributed by atoms with Crippen LogP contribution in [0.25, 0.3) is 0 Å². The van der Waals surface area contributed by atoms with E-state index in [0.717, 1.165) is 0 Å². The molecule has 96 valence electrons. The summed E-state index contributed by atoms with van der Waals surface area (Å²) < 4.78 is 0. The summed E-state index contributed by atoms with van der Waals surface area (Å²) in [4.78, 5) is 43.3. The molecule has 0 aliphatic heterocycles. The maximum Gasteiger partial charge on any atom is 0.332 e. The van der Waals surface area contributed by atoms with Crippen molar-refractivity contribution in [2.75, 3.05) is 0 Å². The van der Waals surface area contributed by atoms with Gasteiger partial charge in [-0.15, -0.1) is 0 Å². The third-order valence-electron chi connectivity index (χ3n) is 2.47.